The van der Waals surface area contributed by atoms with Crippen LogP contribution in [0, 0.1) is 0 Å². The number of methoxy groups -OCH3 is 1. The van der Waals surface area contributed by atoms with E-state index in [2.05, 4.69) is 24.2 Å². The minimum atomic E-state index is 0.259. The van der Waals surface area contributed by atoms with Crippen LogP contribution in [0.4, 0.5) is 0 Å². The van der Waals surface area contributed by atoms with E-state index in [-0.39, 0.29) is 6.10 Å². The molecule has 15 heavy (non-hydrogen) atoms. The fourth-order valence-electron chi connectivity index (χ4n) is 1.86. The van der Waals surface area contributed by atoms with E-state index < -0.39 is 0 Å². The van der Waals surface area contributed by atoms with Gasteiger partial charge < -0.3 is 19.7 Å². The number of nitrogens with zero attached hydrogens (tertiary/aromatic N) is 1. The minimum absolute atomic E-state index is 0.259. The lowest BCUT2D eigenvalue weighted by atomic mass is 10.1. The molecule has 1 aliphatic rings. The molecule has 1 rings (SSSR count). The Balaban J connectivity index is 2.38. The number of rotatable bonds is 6. The Morgan fingerprint density at radius 2 is 2.40 bits per heavy atom. The van der Waals surface area contributed by atoms with E-state index in [0.29, 0.717) is 6.04 Å². The van der Waals surface area contributed by atoms with Gasteiger partial charge in [-0.15, -0.1) is 0 Å². The summed E-state index contributed by atoms with van der Waals surface area (Å²) in [6.07, 6.45) is 1.40. The van der Waals surface area contributed by atoms with E-state index in [9.17, 15) is 0 Å². The van der Waals surface area contributed by atoms with Gasteiger partial charge in [-0.3, -0.25) is 0 Å². The highest BCUT2D eigenvalue weighted by Gasteiger charge is 2.26. The minimum Gasteiger partial charge on any atom is -0.383 e. The van der Waals surface area contributed by atoms with Gasteiger partial charge in [-0.2, -0.15) is 0 Å². The monoisotopic (exact) mass is 216 g/mol. The molecule has 1 heterocycles. The standard InChI is InChI=1S/C11H24N2O2/c1-4-5-12-10(9-14-3)11-8-13(2)6-7-15-11/h10-12H,4-9H2,1-3H3. The second-order valence-electron chi connectivity index (χ2n) is 4.19. The molecule has 0 aromatic heterocycles. The fraction of sp³-hybridized carbons (Fsp3) is 1.00. The third-order valence-electron chi connectivity index (χ3n) is 2.75. The van der Waals surface area contributed by atoms with Gasteiger partial charge in [-0.05, 0) is 20.0 Å². The lowest BCUT2D eigenvalue weighted by Gasteiger charge is -2.35. The predicted molar refractivity (Wildman–Crippen MR) is 61.2 cm³/mol. The largest absolute Gasteiger partial charge is 0.383 e. The van der Waals surface area contributed by atoms with E-state index in [4.69, 9.17) is 9.47 Å². The van der Waals surface area contributed by atoms with Crippen LogP contribution in [0.15, 0.2) is 0 Å². The highest BCUT2D eigenvalue weighted by Crippen LogP contribution is 2.08. The van der Waals surface area contributed by atoms with Gasteiger partial charge in [-0.25, -0.2) is 0 Å². The van der Waals surface area contributed by atoms with Crippen LogP contribution in [-0.4, -0.2) is 64.1 Å². The average molecular weight is 216 g/mol. The average Bonchev–Trinajstić information content (AvgIpc) is 2.24. The topological polar surface area (TPSA) is 33.7 Å². The quantitative estimate of drug-likeness (QED) is 0.694. The molecular weight excluding hydrogens is 192 g/mol. The maximum Gasteiger partial charge on any atom is 0.0877 e. The maximum absolute atomic E-state index is 5.78. The summed E-state index contributed by atoms with van der Waals surface area (Å²) in [5.41, 5.74) is 0. The van der Waals surface area contributed by atoms with Crippen LogP contribution >= 0.6 is 0 Å². The number of likely N-dealkylation sites (N-methyl/N-ethyl adjacent to an activating group) is 1. The first-order valence-corrected chi connectivity index (χ1v) is 5.80. The summed E-state index contributed by atoms with van der Waals surface area (Å²) in [6, 6.07) is 0.317. The maximum atomic E-state index is 5.78. The predicted octanol–water partition coefficient (Wildman–Crippen LogP) is 0.332. The van der Waals surface area contributed by atoms with Crippen molar-refractivity contribution >= 4 is 0 Å². The highest BCUT2D eigenvalue weighted by atomic mass is 16.5. The summed E-state index contributed by atoms with van der Waals surface area (Å²) in [5.74, 6) is 0. The molecule has 90 valence electrons. The van der Waals surface area contributed by atoms with E-state index in [1.165, 1.54) is 0 Å². The van der Waals surface area contributed by atoms with Crippen molar-refractivity contribution in [3.05, 3.63) is 0 Å². The molecule has 1 saturated heterocycles. The van der Waals surface area contributed by atoms with Gasteiger partial charge in [0.15, 0.2) is 0 Å². The summed E-state index contributed by atoms with van der Waals surface area (Å²) in [4.78, 5) is 2.31. The van der Waals surface area contributed by atoms with Crippen molar-refractivity contribution in [2.75, 3.05) is 47.0 Å². The molecule has 0 radical (unpaired) electrons. The molecule has 0 spiro atoms. The molecule has 0 saturated carbocycles. The van der Waals surface area contributed by atoms with Gasteiger partial charge in [0.1, 0.15) is 0 Å². The van der Waals surface area contributed by atoms with Crippen molar-refractivity contribution in [1.29, 1.82) is 0 Å². The molecular formula is C11H24N2O2. The Bertz CT molecular complexity index is 167. The third kappa shape index (κ3) is 4.47. The van der Waals surface area contributed by atoms with Crippen LogP contribution in [-0.2, 0) is 9.47 Å². The smallest absolute Gasteiger partial charge is 0.0877 e. The van der Waals surface area contributed by atoms with Crippen LogP contribution < -0.4 is 5.32 Å². The third-order valence-corrected chi connectivity index (χ3v) is 2.75. The van der Waals surface area contributed by atoms with Gasteiger partial charge in [0.25, 0.3) is 0 Å². The van der Waals surface area contributed by atoms with Crippen LogP contribution in [0.2, 0.25) is 0 Å². The van der Waals surface area contributed by atoms with Gasteiger partial charge in [-0.1, -0.05) is 6.92 Å². The Morgan fingerprint density at radius 1 is 1.60 bits per heavy atom. The molecule has 0 aromatic rings. The molecule has 1 aliphatic heterocycles. The summed E-state index contributed by atoms with van der Waals surface area (Å²) < 4.78 is 11.0. The van der Waals surface area contributed by atoms with Gasteiger partial charge in [0.05, 0.1) is 25.4 Å². The first-order chi connectivity index (χ1) is 7.27. The van der Waals surface area contributed by atoms with Crippen molar-refractivity contribution in [2.24, 2.45) is 0 Å². The first kappa shape index (κ1) is 12.9. The van der Waals surface area contributed by atoms with Crippen LogP contribution in [0.25, 0.3) is 0 Å². The molecule has 0 amide bonds. The summed E-state index contributed by atoms with van der Waals surface area (Å²) in [7, 11) is 3.88. The van der Waals surface area contributed by atoms with Crippen molar-refractivity contribution in [1.82, 2.24) is 10.2 Å². The molecule has 0 aromatic carbocycles. The van der Waals surface area contributed by atoms with Crippen molar-refractivity contribution in [3.63, 3.8) is 0 Å². The summed E-state index contributed by atoms with van der Waals surface area (Å²) in [6.45, 7) is 6.77. The molecule has 1 N–H and O–H groups in total. The fourth-order valence-corrected chi connectivity index (χ4v) is 1.86. The first-order valence-electron chi connectivity index (χ1n) is 5.80. The Labute approximate surface area is 92.9 Å². The number of hydrogen-bond donors (Lipinski definition) is 1. The van der Waals surface area contributed by atoms with Crippen molar-refractivity contribution < 1.29 is 9.47 Å². The van der Waals surface area contributed by atoms with Gasteiger partial charge >= 0.3 is 0 Å². The van der Waals surface area contributed by atoms with Gasteiger partial charge in [0, 0.05) is 20.2 Å². The second-order valence-corrected chi connectivity index (χ2v) is 4.19. The van der Waals surface area contributed by atoms with Crippen molar-refractivity contribution in [2.45, 2.75) is 25.5 Å². The summed E-state index contributed by atoms with van der Waals surface area (Å²) in [5, 5.41) is 3.48. The molecule has 0 bridgehead atoms. The number of hydrogen-bond acceptors (Lipinski definition) is 4. The zero-order valence-electron chi connectivity index (χ0n) is 10.2. The SMILES string of the molecule is CCCNC(COC)C1CN(C)CCO1. The Morgan fingerprint density at radius 3 is 3.00 bits per heavy atom. The van der Waals surface area contributed by atoms with E-state index >= 15 is 0 Å². The Hall–Kier alpha value is -0.160. The lowest BCUT2D eigenvalue weighted by molar-refractivity contribution is -0.0510. The molecule has 1 fully saturated rings. The molecule has 0 aliphatic carbocycles. The van der Waals surface area contributed by atoms with E-state index in [1.807, 2.05) is 0 Å². The normalized spacial score (nSPS) is 25.4. The second kappa shape index (κ2) is 7.17. The molecule has 2 unspecified atom stereocenters. The number of morpholine rings is 1. The van der Waals surface area contributed by atoms with E-state index in [1.54, 1.807) is 7.11 Å². The van der Waals surface area contributed by atoms with Crippen molar-refractivity contribution in [3.8, 4) is 0 Å². The molecule has 4 heteroatoms. The number of ether oxygens (including phenoxy) is 2. The van der Waals surface area contributed by atoms with Crippen LogP contribution in [0.5, 0.6) is 0 Å². The summed E-state index contributed by atoms with van der Waals surface area (Å²) >= 11 is 0. The van der Waals surface area contributed by atoms with E-state index in [0.717, 1.165) is 39.3 Å². The number of nitrogens with one attached hydrogen (secondary N) is 1. The van der Waals surface area contributed by atoms with Crippen LogP contribution in [0.3, 0.4) is 0 Å². The molecule has 2 atom stereocenters. The lowest BCUT2D eigenvalue weighted by Crippen LogP contribution is -2.53. The van der Waals surface area contributed by atoms with Crippen LogP contribution in [0.1, 0.15) is 13.3 Å². The molecule has 4 nitrogen and oxygen atoms in total. The zero-order valence-corrected chi connectivity index (χ0v) is 10.2. The van der Waals surface area contributed by atoms with Gasteiger partial charge in [0.2, 0.25) is 0 Å². The zero-order chi connectivity index (χ0) is 11.1. The highest BCUT2D eigenvalue weighted by molar-refractivity contribution is 4.81. The Kier molecular flexibility index (Phi) is 6.17.